The first kappa shape index (κ1) is 12.6. The van der Waals surface area contributed by atoms with E-state index in [1.165, 1.54) is 15.6 Å². The minimum absolute atomic E-state index is 0.211. The van der Waals surface area contributed by atoms with Gasteiger partial charge in [-0.3, -0.25) is 4.79 Å². The van der Waals surface area contributed by atoms with Crippen LogP contribution in [0.5, 0.6) is 0 Å². The maximum Gasteiger partial charge on any atom is 0.281 e. The molecule has 2 heterocycles. The lowest BCUT2D eigenvalue weighted by molar-refractivity contribution is 0.596. The van der Waals surface area contributed by atoms with Gasteiger partial charge in [0.15, 0.2) is 5.65 Å². The summed E-state index contributed by atoms with van der Waals surface area (Å²) in [5.74, 6) is 0. The molecule has 0 spiro atoms. The van der Waals surface area contributed by atoms with Gasteiger partial charge in [0.25, 0.3) is 5.56 Å². The van der Waals surface area contributed by atoms with E-state index in [0.29, 0.717) is 21.7 Å². The summed E-state index contributed by atoms with van der Waals surface area (Å²) in [5.41, 5.74) is 7.32. The van der Waals surface area contributed by atoms with Crippen LogP contribution in [0.1, 0.15) is 5.56 Å². The van der Waals surface area contributed by atoms with E-state index in [0.717, 1.165) is 5.56 Å². The average Bonchev–Trinajstić information content (AvgIpc) is 2.79. The zero-order valence-electron chi connectivity index (χ0n) is 10.6. The number of nitrogens with two attached hydrogens (primary N) is 1. The van der Waals surface area contributed by atoms with Gasteiger partial charge in [0.1, 0.15) is 5.39 Å². The Bertz CT molecular complexity index is 853. The van der Waals surface area contributed by atoms with Gasteiger partial charge in [-0.2, -0.15) is 5.10 Å². The first-order valence-corrected chi connectivity index (χ1v) is 6.23. The van der Waals surface area contributed by atoms with Gasteiger partial charge in [-0.05, 0) is 23.8 Å². The Kier molecular flexibility index (Phi) is 2.90. The molecule has 7 nitrogen and oxygen atoms in total. The van der Waals surface area contributed by atoms with Crippen molar-refractivity contribution in [1.82, 2.24) is 24.8 Å². The van der Waals surface area contributed by atoms with E-state index in [4.69, 9.17) is 17.3 Å². The predicted octanol–water partition coefficient (Wildman–Crippen LogP) is 0.809. The summed E-state index contributed by atoms with van der Waals surface area (Å²) in [6, 6.07) is 5.09. The number of aromatic nitrogens is 5. The van der Waals surface area contributed by atoms with Crippen LogP contribution in [0.4, 0.5) is 5.69 Å². The molecule has 0 fully saturated rings. The number of aryl methyl sites for hydroxylation is 1. The molecule has 102 valence electrons. The molecule has 0 aliphatic heterocycles. The van der Waals surface area contributed by atoms with Crippen molar-refractivity contribution in [2.45, 2.75) is 6.54 Å². The van der Waals surface area contributed by atoms with E-state index in [9.17, 15) is 4.79 Å². The summed E-state index contributed by atoms with van der Waals surface area (Å²) in [4.78, 5) is 12.3. The molecule has 0 amide bonds. The van der Waals surface area contributed by atoms with Crippen molar-refractivity contribution >= 4 is 28.3 Å². The highest BCUT2D eigenvalue weighted by Crippen LogP contribution is 2.18. The third-order valence-electron chi connectivity index (χ3n) is 3.04. The number of halogens is 1. The lowest BCUT2D eigenvalue weighted by Gasteiger charge is -2.07. The Balaban J connectivity index is 2.09. The number of rotatable bonds is 2. The number of hydrogen-bond donors (Lipinski definition) is 1. The first-order valence-electron chi connectivity index (χ1n) is 5.85. The molecule has 3 aromatic rings. The molecule has 0 saturated carbocycles. The van der Waals surface area contributed by atoms with Crippen molar-refractivity contribution in [3.05, 3.63) is 45.3 Å². The topological polar surface area (TPSA) is 91.6 Å². The summed E-state index contributed by atoms with van der Waals surface area (Å²) in [7, 11) is 1.70. The van der Waals surface area contributed by atoms with Crippen LogP contribution in [0.2, 0.25) is 5.02 Å². The third-order valence-corrected chi connectivity index (χ3v) is 3.28. The van der Waals surface area contributed by atoms with Gasteiger partial charge in [-0.1, -0.05) is 16.8 Å². The van der Waals surface area contributed by atoms with Gasteiger partial charge < -0.3 is 5.73 Å². The van der Waals surface area contributed by atoms with Gasteiger partial charge in [0.05, 0.1) is 12.7 Å². The van der Waals surface area contributed by atoms with Crippen LogP contribution in [-0.2, 0) is 13.6 Å². The molecule has 8 heteroatoms. The Morgan fingerprint density at radius 2 is 2.20 bits per heavy atom. The summed E-state index contributed by atoms with van der Waals surface area (Å²) in [6.07, 6.45) is 1.48. The van der Waals surface area contributed by atoms with Crippen molar-refractivity contribution in [1.29, 1.82) is 0 Å². The van der Waals surface area contributed by atoms with Crippen molar-refractivity contribution in [3.8, 4) is 0 Å². The zero-order chi connectivity index (χ0) is 14.3. The predicted molar refractivity (Wildman–Crippen MR) is 75.5 cm³/mol. The minimum atomic E-state index is -0.262. The number of fused-ring (bicyclic) bond motifs is 1. The molecule has 0 atom stereocenters. The molecule has 0 aliphatic carbocycles. The summed E-state index contributed by atoms with van der Waals surface area (Å²) < 4.78 is 2.74. The van der Waals surface area contributed by atoms with Gasteiger partial charge in [-0.25, -0.2) is 9.36 Å². The lowest BCUT2D eigenvalue weighted by Crippen LogP contribution is -2.25. The third kappa shape index (κ3) is 2.01. The van der Waals surface area contributed by atoms with E-state index in [2.05, 4.69) is 15.4 Å². The molecule has 0 aliphatic rings. The van der Waals surface area contributed by atoms with Crippen molar-refractivity contribution in [2.75, 3.05) is 5.73 Å². The smallest absolute Gasteiger partial charge is 0.281 e. The second kappa shape index (κ2) is 4.61. The summed E-state index contributed by atoms with van der Waals surface area (Å²) >= 11 is 5.93. The quantitative estimate of drug-likeness (QED) is 0.705. The highest BCUT2D eigenvalue weighted by molar-refractivity contribution is 6.30. The maximum atomic E-state index is 12.3. The fourth-order valence-electron chi connectivity index (χ4n) is 1.95. The fourth-order valence-corrected chi connectivity index (χ4v) is 2.15. The Labute approximate surface area is 118 Å². The SMILES string of the molecule is Cn1ncc2c(=O)n(Cc3cc(Cl)ccc3N)nnc21. The summed E-state index contributed by atoms with van der Waals surface area (Å²) in [5, 5.41) is 12.9. The van der Waals surface area contributed by atoms with Crippen LogP contribution < -0.4 is 11.3 Å². The van der Waals surface area contributed by atoms with Crippen molar-refractivity contribution < 1.29 is 0 Å². The normalized spacial score (nSPS) is 11.1. The Morgan fingerprint density at radius 3 is 3.00 bits per heavy atom. The van der Waals surface area contributed by atoms with Crippen LogP contribution in [0.3, 0.4) is 0 Å². The van der Waals surface area contributed by atoms with E-state index < -0.39 is 0 Å². The molecule has 1 aromatic carbocycles. The number of anilines is 1. The zero-order valence-corrected chi connectivity index (χ0v) is 11.4. The minimum Gasteiger partial charge on any atom is -0.398 e. The Hall–Kier alpha value is -2.41. The van der Waals surface area contributed by atoms with Gasteiger partial charge in [0, 0.05) is 17.8 Å². The number of hydrogen-bond acceptors (Lipinski definition) is 5. The molecule has 3 rings (SSSR count). The highest BCUT2D eigenvalue weighted by Gasteiger charge is 2.11. The maximum absolute atomic E-state index is 12.3. The van der Waals surface area contributed by atoms with Crippen molar-refractivity contribution in [2.24, 2.45) is 7.05 Å². The van der Waals surface area contributed by atoms with Crippen molar-refractivity contribution in [3.63, 3.8) is 0 Å². The van der Waals surface area contributed by atoms with Crippen LogP contribution in [0.15, 0.2) is 29.2 Å². The molecule has 0 unspecified atom stereocenters. The van der Waals surface area contributed by atoms with E-state index >= 15 is 0 Å². The first-order chi connectivity index (χ1) is 9.56. The van der Waals surface area contributed by atoms with Crippen LogP contribution in [0, 0.1) is 0 Å². The average molecular weight is 291 g/mol. The van der Waals surface area contributed by atoms with Gasteiger partial charge in [0.2, 0.25) is 0 Å². The number of benzene rings is 1. The molecule has 0 bridgehead atoms. The molecule has 0 radical (unpaired) electrons. The summed E-state index contributed by atoms with van der Waals surface area (Å²) in [6.45, 7) is 0.211. The standard InChI is InChI=1S/C12H11ClN6O/c1-18-11-9(5-15-18)12(20)19(17-16-11)6-7-4-8(13)2-3-10(7)14/h2-5H,6,14H2,1H3. The van der Waals surface area contributed by atoms with E-state index in [-0.39, 0.29) is 12.1 Å². The Morgan fingerprint density at radius 1 is 1.40 bits per heavy atom. The van der Waals surface area contributed by atoms with Crippen LogP contribution >= 0.6 is 11.6 Å². The van der Waals surface area contributed by atoms with Crippen LogP contribution in [-0.4, -0.2) is 24.8 Å². The number of nitrogens with zero attached hydrogens (tertiary/aromatic N) is 5. The second-order valence-corrected chi connectivity index (χ2v) is 4.84. The number of nitrogen functional groups attached to an aromatic ring is 1. The van der Waals surface area contributed by atoms with E-state index in [1.54, 1.807) is 25.2 Å². The molecular formula is C12H11ClN6O. The second-order valence-electron chi connectivity index (χ2n) is 4.40. The van der Waals surface area contributed by atoms with E-state index in [1.807, 2.05) is 0 Å². The molecular weight excluding hydrogens is 280 g/mol. The lowest BCUT2D eigenvalue weighted by atomic mass is 10.2. The molecule has 20 heavy (non-hydrogen) atoms. The molecule has 0 saturated heterocycles. The fraction of sp³-hybridized carbons (Fsp3) is 0.167. The molecule has 2 N–H and O–H groups in total. The molecule has 2 aromatic heterocycles. The van der Waals surface area contributed by atoms with Gasteiger partial charge in [-0.15, -0.1) is 5.10 Å². The monoisotopic (exact) mass is 290 g/mol. The highest BCUT2D eigenvalue weighted by atomic mass is 35.5. The largest absolute Gasteiger partial charge is 0.398 e. The van der Waals surface area contributed by atoms with Crippen LogP contribution in [0.25, 0.3) is 11.0 Å². The van der Waals surface area contributed by atoms with Gasteiger partial charge >= 0.3 is 0 Å².